The fourth-order valence-electron chi connectivity index (χ4n) is 1.53. The molecule has 0 saturated heterocycles. The quantitative estimate of drug-likeness (QED) is 0.701. The third-order valence-electron chi connectivity index (χ3n) is 2.24. The van der Waals surface area contributed by atoms with Crippen LogP contribution in [0.4, 0.5) is 0 Å². The summed E-state index contributed by atoms with van der Waals surface area (Å²) < 4.78 is 1.99. The van der Waals surface area contributed by atoms with Gasteiger partial charge < -0.3 is 4.57 Å². The summed E-state index contributed by atoms with van der Waals surface area (Å²) in [7, 11) is 2.00. The number of hydrogen-bond donors (Lipinski definition) is 0. The van der Waals surface area contributed by atoms with Gasteiger partial charge in [-0.15, -0.1) is 10.2 Å². The third kappa shape index (κ3) is 1.63. The Balaban J connectivity index is 1.98. The maximum Gasteiger partial charge on any atom is 0.191 e. The second kappa shape index (κ2) is 3.47. The van der Waals surface area contributed by atoms with Gasteiger partial charge in [-0.1, -0.05) is 24.6 Å². The Labute approximate surface area is 76.6 Å². The van der Waals surface area contributed by atoms with Crippen molar-refractivity contribution >= 4 is 11.8 Å². The Morgan fingerprint density at radius 2 is 2.25 bits per heavy atom. The highest BCUT2D eigenvalue weighted by atomic mass is 32.2. The van der Waals surface area contributed by atoms with Crippen LogP contribution in [0.1, 0.15) is 25.7 Å². The van der Waals surface area contributed by atoms with Crippen molar-refractivity contribution in [2.24, 2.45) is 7.05 Å². The summed E-state index contributed by atoms with van der Waals surface area (Å²) in [5.41, 5.74) is 0. The van der Waals surface area contributed by atoms with E-state index in [1.807, 2.05) is 23.4 Å². The van der Waals surface area contributed by atoms with E-state index in [1.165, 1.54) is 25.7 Å². The van der Waals surface area contributed by atoms with Gasteiger partial charge in [0, 0.05) is 12.3 Å². The molecule has 0 amide bonds. The van der Waals surface area contributed by atoms with Crippen LogP contribution in [0.15, 0.2) is 11.5 Å². The summed E-state index contributed by atoms with van der Waals surface area (Å²) in [6.07, 6.45) is 7.22. The first-order valence-electron chi connectivity index (χ1n) is 4.37. The molecule has 1 aliphatic carbocycles. The van der Waals surface area contributed by atoms with Gasteiger partial charge in [-0.2, -0.15) is 0 Å². The minimum Gasteiger partial charge on any atom is -0.312 e. The molecule has 0 atom stereocenters. The fourth-order valence-corrected chi connectivity index (χ4v) is 2.71. The second-order valence-electron chi connectivity index (χ2n) is 3.25. The fraction of sp³-hybridized carbons (Fsp3) is 0.750. The Bertz CT molecular complexity index is 253. The van der Waals surface area contributed by atoms with Crippen molar-refractivity contribution in [1.82, 2.24) is 14.8 Å². The smallest absolute Gasteiger partial charge is 0.191 e. The average molecular weight is 183 g/mol. The van der Waals surface area contributed by atoms with Crippen molar-refractivity contribution in [3.63, 3.8) is 0 Å². The zero-order chi connectivity index (χ0) is 8.39. The number of aryl methyl sites for hydroxylation is 1. The van der Waals surface area contributed by atoms with Crippen molar-refractivity contribution < 1.29 is 0 Å². The lowest BCUT2D eigenvalue weighted by atomic mass is 10.4. The molecule has 0 spiro atoms. The highest BCUT2D eigenvalue weighted by molar-refractivity contribution is 7.99. The second-order valence-corrected chi connectivity index (χ2v) is 4.52. The molecule has 2 rings (SSSR count). The Hall–Kier alpha value is -0.510. The van der Waals surface area contributed by atoms with Gasteiger partial charge >= 0.3 is 0 Å². The first kappa shape index (κ1) is 8.10. The molecule has 0 radical (unpaired) electrons. The lowest BCUT2D eigenvalue weighted by Crippen LogP contribution is -1.97. The van der Waals surface area contributed by atoms with Gasteiger partial charge in [0.25, 0.3) is 0 Å². The highest BCUT2D eigenvalue weighted by Crippen LogP contribution is 2.33. The lowest BCUT2D eigenvalue weighted by molar-refractivity contribution is 0.778. The molecule has 12 heavy (non-hydrogen) atoms. The molecule has 66 valence electrons. The molecule has 1 aliphatic rings. The highest BCUT2D eigenvalue weighted by Gasteiger charge is 2.17. The van der Waals surface area contributed by atoms with Crippen LogP contribution in [-0.4, -0.2) is 20.0 Å². The van der Waals surface area contributed by atoms with Gasteiger partial charge in [0.1, 0.15) is 6.33 Å². The van der Waals surface area contributed by atoms with Crippen LogP contribution < -0.4 is 0 Å². The van der Waals surface area contributed by atoms with E-state index in [1.54, 1.807) is 6.33 Å². The van der Waals surface area contributed by atoms with Crippen LogP contribution in [0.3, 0.4) is 0 Å². The molecule has 1 saturated carbocycles. The minimum absolute atomic E-state index is 0.785. The van der Waals surface area contributed by atoms with Gasteiger partial charge in [-0.05, 0) is 12.8 Å². The third-order valence-corrected chi connectivity index (χ3v) is 3.63. The molecule has 1 heterocycles. The van der Waals surface area contributed by atoms with Crippen LogP contribution in [-0.2, 0) is 7.05 Å². The van der Waals surface area contributed by atoms with E-state index in [-0.39, 0.29) is 0 Å². The first-order valence-corrected chi connectivity index (χ1v) is 5.25. The van der Waals surface area contributed by atoms with Gasteiger partial charge in [-0.3, -0.25) is 0 Å². The number of nitrogens with zero attached hydrogens (tertiary/aromatic N) is 3. The normalized spacial score (nSPS) is 18.8. The van der Waals surface area contributed by atoms with Crippen LogP contribution in [0.25, 0.3) is 0 Å². The van der Waals surface area contributed by atoms with Crippen LogP contribution in [0.2, 0.25) is 0 Å². The molecule has 0 bridgehead atoms. The topological polar surface area (TPSA) is 30.7 Å². The zero-order valence-corrected chi connectivity index (χ0v) is 8.05. The largest absolute Gasteiger partial charge is 0.312 e. The molecule has 1 aromatic heterocycles. The summed E-state index contributed by atoms with van der Waals surface area (Å²) in [6.45, 7) is 0. The number of aromatic nitrogens is 3. The van der Waals surface area contributed by atoms with Crippen molar-refractivity contribution in [2.45, 2.75) is 36.1 Å². The maximum atomic E-state index is 4.06. The van der Waals surface area contributed by atoms with Gasteiger partial charge in [-0.25, -0.2) is 0 Å². The van der Waals surface area contributed by atoms with Crippen molar-refractivity contribution in [2.75, 3.05) is 0 Å². The standard InChI is InChI=1S/C8H13N3S/c1-11-6-9-10-8(11)12-7-4-2-3-5-7/h6-7H,2-5H2,1H3. The zero-order valence-electron chi connectivity index (χ0n) is 7.23. The molecule has 3 nitrogen and oxygen atoms in total. The number of hydrogen-bond acceptors (Lipinski definition) is 3. The van der Waals surface area contributed by atoms with Gasteiger partial charge in [0.15, 0.2) is 5.16 Å². The Morgan fingerprint density at radius 1 is 1.50 bits per heavy atom. The predicted octanol–water partition coefficient (Wildman–Crippen LogP) is 1.85. The molecule has 4 heteroatoms. The van der Waals surface area contributed by atoms with E-state index in [9.17, 15) is 0 Å². The molecule has 0 aromatic carbocycles. The number of thioether (sulfide) groups is 1. The lowest BCUT2D eigenvalue weighted by Gasteiger charge is -2.05. The van der Waals surface area contributed by atoms with Gasteiger partial charge in [0.2, 0.25) is 0 Å². The molecule has 0 N–H and O–H groups in total. The molecule has 1 aromatic rings. The summed E-state index contributed by atoms with van der Waals surface area (Å²) in [6, 6.07) is 0. The summed E-state index contributed by atoms with van der Waals surface area (Å²) >= 11 is 1.87. The van der Waals surface area contributed by atoms with E-state index >= 15 is 0 Å². The van der Waals surface area contributed by atoms with Crippen LogP contribution in [0.5, 0.6) is 0 Å². The molecule has 0 aliphatic heterocycles. The van der Waals surface area contributed by atoms with E-state index in [2.05, 4.69) is 10.2 Å². The summed E-state index contributed by atoms with van der Waals surface area (Å²) in [5.74, 6) is 0. The summed E-state index contributed by atoms with van der Waals surface area (Å²) in [5, 5.41) is 9.75. The van der Waals surface area contributed by atoms with Gasteiger partial charge in [0.05, 0.1) is 0 Å². The Morgan fingerprint density at radius 3 is 2.83 bits per heavy atom. The monoisotopic (exact) mass is 183 g/mol. The van der Waals surface area contributed by atoms with Crippen molar-refractivity contribution in [3.05, 3.63) is 6.33 Å². The SMILES string of the molecule is Cn1cnnc1SC1CCCC1. The van der Waals surface area contributed by atoms with Crippen molar-refractivity contribution in [1.29, 1.82) is 0 Å². The van der Waals surface area contributed by atoms with E-state index in [4.69, 9.17) is 0 Å². The molecule has 1 fully saturated rings. The maximum absolute atomic E-state index is 4.06. The summed E-state index contributed by atoms with van der Waals surface area (Å²) in [4.78, 5) is 0. The van der Waals surface area contributed by atoms with Crippen LogP contribution >= 0.6 is 11.8 Å². The molecular formula is C8H13N3S. The minimum atomic E-state index is 0.785. The van der Waals surface area contributed by atoms with E-state index < -0.39 is 0 Å². The Kier molecular flexibility index (Phi) is 2.35. The van der Waals surface area contributed by atoms with E-state index in [0.717, 1.165) is 10.4 Å². The molecule has 0 unspecified atom stereocenters. The van der Waals surface area contributed by atoms with Crippen LogP contribution in [0, 0.1) is 0 Å². The molecular weight excluding hydrogens is 170 g/mol. The average Bonchev–Trinajstić information content (AvgIpc) is 2.65. The van der Waals surface area contributed by atoms with E-state index in [0.29, 0.717) is 0 Å². The number of rotatable bonds is 2. The van der Waals surface area contributed by atoms with Crippen molar-refractivity contribution in [3.8, 4) is 0 Å². The first-order chi connectivity index (χ1) is 5.86. The predicted molar refractivity (Wildman–Crippen MR) is 49.1 cm³/mol.